The molecule has 1 N–H and O–H groups in total. The Morgan fingerprint density at radius 2 is 2.00 bits per heavy atom. The third-order valence-corrected chi connectivity index (χ3v) is 5.32. The van der Waals surface area contributed by atoms with Gasteiger partial charge in [-0.15, -0.1) is 0 Å². The van der Waals surface area contributed by atoms with E-state index in [4.69, 9.17) is 9.47 Å². The van der Waals surface area contributed by atoms with Gasteiger partial charge in [-0.05, 0) is 42.8 Å². The van der Waals surface area contributed by atoms with Crippen LogP contribution in [-0.4, -0.2) is 35.7 Å². The van der Waals surface area contributed by atoms with E-state index in [1.165, 1.54) is 7.11 Å². The molecule has 0 aromatic heterocycles. The minimum absolute atomic E-state index is 0.118. The van der Waals surface area contributed by atoms with Crippen molar-refractivity contribution in [3.8, 4) is 11.5 Å². The lowest BCUT2D eigenvalue weighted by Crippen LogP contribution is -2.28. The van der Waals surface area contributed by atoms with E-state index in [2.05, 4.69) is 4.72 Å². The van der Waals surface area contributed by atoms with Gasteiger partial charge in [-0.3, -0.25) is 4.72 Å². The fourth-order valence-corrected chi connectivity index (χ4v) is 3.92. The average Bonchev–Trinajstić information content (AvgIpc) is 2.55. The highest BCUT2D eigenvalue weighted by molar-refractivity contribution is 7.92. The van der Waals surface area contributed by atoms with Crippen LogP contribution in [-0.2, 0) is 10.0 Å². The van der Waals surface area contributed by atoms with Crippen molar-refractivity contribution < 1.29 is 17.9 Å². The van der Waals surface area contributed by atoms with Gasteiger partial charge in [-0.1, -0.05) is 6.07 Å². The molecule has 1 aliphatic heterocycles. The maximum absolute atomic E-state index is 12.7. The second-order valence-electron chi connectivity index (χ2n) is 5.71. The molecule has 0 atom stereocenters. The maximum Gasteiger partial charge on any atom is 0.265 e. The van der Waals surface area contributed by atoms with Gasteiger partial charge in [0.15, 0.2) is 0 Å². The number of likely N-dealkylation sites (N-methyl/N-ethyl adjacent to an activating group) is 1. The van der Waals surface area contributed by atoms with Gasteiger partial charge in [-0.25, -0.2) is 8.42 Å². The van der Waals surface area contributed by atoms with Gasteiger partial charge in [-0.2, -0.15) is 0 Å². The average molecular weight is 348 g/mol. The molecule has 2 aromatic carbocycles. The molecule has 0 bridgehead atoms. The van der Waals surface area contributed by atoms with Crippen molar-refractivity contribution >= 4 is 21.4 Å². The standard InChI is InChI=1S/C17H20N2O4S/c1-12-4-6-16(22-3)17(10-12)24(20,21)18-13-5-7-15-14(11-13)19(2)8-9-23-15/h4-7,10-11,18H,8-9H2,1-3H3. The molecule has 0 amide bonds. The SMILES string of the molecule is COc1ccc(C)cc1S(=O)(=O)Nc1ccc2c(c1)N(C)CCO2. The molecule has 7 heteroatoms. The molecular formula is C17H20N2O4S. The van der Waals surface area contributed by atoms with Crippen LogP contribution in [0.3, 0.4) is 0 Å². The van der Waals surface area contributed by atoms with Crippen LogP contribution in [0.25, 0.3) is 0 Å². The van der Waals surface area contributed by atoms with Crippen LogP contribution in [0.15, 0.2) is 41.3 Å². The molecule has 0 radical (unpaired) electrons. The molecule has 2 aromatic rings. The zero-order valence-electron chi connectivity index (χ0n) is 13.9. The number of benzene rings is 2. The molecule has 0 saturated heterocycles. The first-order valence-corrected chi connectivity index (χ1v) is 9.04. The molecule has 0 unspecified atom stereocenters. The van der Waals surface area contributed by atoms with Crippen molar-refractivity contribution in [2.75, 3.05) is 36.9 Å². The van der Waals surface area contributed by atoms with E-state index in [0.29, 0.717) is 18.0 Å². The Bertz CT molecular complexity index is 865. The van der Waals surface area contributed by atoms with Gasteiger partial charge < -0.3 is 14.4 Å². The third-order valence-electron chi connectivity index (χ3n) is 3.92. The zero-order chi connectivity index (χ0) is 17.3. The molecule has 0 spiro atoms. The summed E-state index contributed by atoms with van der Waals surface area (Å²) in [4.78, 5) is 2.15. The highest BCUT2D eigenvalue weighted by Gasteiger charge is 2.21. The number of anilines is 2. The summed E-state index contributed by atoms with van der Waals surface area (Å²) in [6.07, 6.45) is 0. The molecule has 0 fully saturated rings. The van der Waals surface area contributed by atoms with Crippen LogP contribution in [0.5, 0.6) is 11.5 Å². The van der Waals surface area contributed by atoms with Crippen LogP contribution in [0, 0.1) is 6.92 Å². The van der Waals surface area contributed by atoms with Crippen LogP contribution in [0.4, 0.5) is 11.4 Å². The molecule has 1 aliphatic rings. The molecule has 3 rings (SSSR count). The fraction of sp³-hybridized carbons (Fsp3) is 0.294. The molecular weight excluding hydrogens is 328 g/mol. The fourth-order valence-electron chi connectivity index (χ4n) is 2.62. The van der Waals surface area contributed by atoms with E-state index in [1.54, 1.807) is 30.3 Å². The Labute approximate surface area is 142 Å². The number of ether oxygens (including phenoxy) is 2. The number of methoxy groups -OCH3 is 1. The summed E-state index contributed by atoms with van der Waals surface area (Å²) in [7, 11) is -0.356. The summed E-state index contributed by atoms with van der Waals surface area (Å²) in [5.41, 5.74) is 2.18. The topological polar surface area (TPSA) is 67.9 Å². The summed E-state index contributed by atoms with van der Waals surface area (Å²) < 4.78 is 38.9. The predicted molar refractivity (Wildman–Crippen MR) is 93.7 cm³/mol. The summed E-state index contributed by atoms with van der Waals surface area (Å²) in [6.45, 7) is 3.22. The third kappa shape index (κ3) is 3.12. The summed E-state index contributed by atoms with van der Waals surface area (Å²) in [6, 6.07) is 10.3. The van der Waals surface area contributed by atoms with E-state index in [9.17, 15) is 8.42 Å². The van der Waals surface area contributed by atoms with E-state index in [1.807, 2.05) is 24.9 Å². The minimum atomic E-state index is -3.76. The van der Waals surface area contributed by atoms with Gasteiger partial charge in [0.2, 0.25) is 0 Å². The summed E-state index contributed by atoms with van der Waals surface area (Å²) >= 11 is 0. The van der Waals surface area contributed by atoms with Crippen LogP contribution in [0.1, 0.15) is 5.56 Å². The summed E-state index contributed by atoms with van der Waals surface area (Å²) in [5.74, 6) is 1.06. The quantitative estimate of drug-likeness (QED) is 0.920. The van der Waals surface area contributed by atoms with Crippen molar-refractivity contribution in [2.45, 2.75) is 11.8 Å². The number of fused-ring (bicyclic) bond motifs is 1. The monoisotopic (exact) mass is 348 g/mol. The van der Waals surface area contributed by atoms with Gasteiger partial charge in [0.05, 0.1) is 25.0 Å². The summed E-state index contributed by atoms with van der Waals surface area (Å²) in [5, 5.41) is 0. The molecule has 128 valence electrons. The van der Waals surface area contributed by atoms with Crippen LogP contribution < -0.4 is 19.1 Å². The first-order valence-electron chi connectivity index (χ1n) is 7.56. The number of hydrogen-bond donors (Lipinski definition) is 1. The lowest BCUT2D eigenvalue weighted by atomic mass is 10.2. The number of rotatable bonds is 4. The number of sulfonamides is 1. The number of nitrogens with zero attached hydrogens (tertiary/aromatic N) is 1. The largest absolute Gasteiger partial charge is 0.495 e. The lowest BCUT2D eigenvalue weighted by molar-refractivity contribution is 0.311. The second-order valence-corrected chi connectivity index (χ2v) is 7.36. The van der Waals surface area contributed by atoms with Crippen molar-refractivity contribution in [2.24, 2.45) is 0 Å². The Balaban J connectivity index is 1.96. The van der Waals surface area contributed by atoms with Crippen LogP contribution >= 0.6 is 0 Å². The van der Waals surface area contributed by atoms with Gasteiger partial charge in [0.25, 0.3) is 10.0 Å². The smallest absolute Gasteiger partial charge is 0.265 e. The molecule has 6 nitrogen and oxygen atoms in total. The van der Waals surface area contributed by atoms with Crippen LogP contribution in [0.2, 0.25) is 0 Å². The highest BCUT2D eigenvalue weighted by atomic mass is 32.2. The number of aryl methyl sites for hydroxylation is 1. The minimum Gasteiger partial charge on any atom is -0.495 e. The predicted octanol–water partition coefficient (Wildman–Crippen LogP) is 2.63. The zero-order valence-corrected chi connectivity index (χ0v) is 14.7. The lowest BCUT2D eigenvalue weighted by Gasteiger charge is -2.28. The van der Waals surface area contributed by atoms with Crippen molar-refractivity contribution in [1.82, 2.24) is 0 Å². The first-order chi connectivity index (χ1) is 11.4. The maximum atomic E-state index is 12.7. The Morgan fingerprint density at radius 3 is 2.75 bits per heavy atom. The van der Waals surface area contributed by atoms with Crippen molar-refractivity contribution in [3.05, 3.63) is 42.0 Å². The van der Waals surface area contributed by atoms with E-state index in [-0.39, 0.29) is 4.90 Å². The molecule has 0 saturated carbocycles. The number of hydrogen-bond acceptors (Lipinski definition) is 5. The van der Waals surface area contributed by atoms with E-state index >= 15 is 0 Å². The normalized spacial score (nSPS) is 13.9. The Hall–Kier alpha value is -2.41. The number of nitrogens with one attached hydrogen (secondary N) is 1. The van der Waals surface area contributed by atoms with Gasteiger partial charge in [0.1, 0.15) is 23.0 Å². The van der Waals surface area contributed by atoms with Gasteiger partial charge in [0, 0.05) is 7.05 Å². The van der Waals surface area contributed by atoms with Crippen molar-refractivity contribution in [1.29, 1.82) is 0 Å². The van der Waals surface area contributed by atoms with E-state index < -0.39 is 10.0 Å². The molecule has 0 aliphatic carbocycles. The first kappa shape index (κ1) is 16.4. The second kappa shape index (κ2) is 6.24. The molecule has 24 heavy (non-hydrogen) atoms. The van der Waals surface area contributed by atoms with E-state index in [0.717, 1.165) is 23.5 Å². The molecule has 1 heterocycles. The Morgan fingerprint density at radius 1 is 1.21 bits per heavy atom. The Kier molecular flexibility index (Phi) is 4.28. The van der Waals surface area contributed by atoms with Gasteiger partial charge >= 0.3 is 0 Å². The highest BCUT2D eigenvalue weighted by Crippen LogP contribution is 2.34. The van der Waals surface area contributed by atoms with Crippen molar-refractivity contribution in [3.63, 3.8) is 0 Å².